The van der Waals surface area contributed by atoms with Gasteiger partial charge in [-0.3, -0.25) is 9.52 Å². The van der Waals surface area contributed by atoms with E-state index in [2.05, 4.69) is 10.0 Å². The number of hydrogen-bond acceptors (Lipinski definition) is 4. The number of carbonyl (C=O) groups is 1. The van der Waals surface area contributed by atoms with Gasteiger partial charge in [0.2, 0.25) is 15.9 Å². The van der Waals surface area contributed by atoms with Gasteiger partial charge < -0.3 is 5.32 Å². The first-order chi connectivity index (χ1) is 10.8. The fourth-order valence-corrected chi connectivity index (χ4v) is 3.15. The van der Waals surface area contributed by atoms with Crippen LogP contribution in [0.4, 0.5) is 5.69 Å². The van der Waals surface area contributed by atoms with E-state index >= 15 is 0 Å². The SMILES string of the molecule is C[C@@H](NC(=O)/C=C\c1cccs1)c1cccc(NS(C)(=O)=O)c1. The fraction of sp³-hybridized carbons (Fsp3) is 0.188. The number of rotatable bonds is 6. The van der Waals surface area contributed by atoms with E-state index in [1.807, 2.05) is 30.5 Å². The third-order valence-corrected chi connectivity index (χ3v) is 4.43. The molecule has 5 nitrogen and oxygen atoms in total. The first-order valence-corrected chi connectivity index (χ1v) is 9.70. The Morgan fingerprint density at radius 2 is 2.04 bits per heavy atom. The van der Waals surface area contributed by atoms with Gasteiger partial charge in [-0.1, -0.05) is 18.2 Å². The maximum absolute atomic E-state index is 11.9. The summed E-state index contributed by atoms with van der Waals surface area (Å²) in [6.07, 6.45) is 4.34. The number of sulfonamides is 1. The van der Waals surface area contributed by atoms with Crippen molar-refractivity contribution in [1.82, 2.24) is 5.32 Å². The smallest absolute Gasteiger partial charge is 0.244 e. The third kappa shape index (κ3) is 5.88. The molecule has 0 unspecified atom stereocenters. The molecule has 1 aromatic heterocycles. The first kappa shape index (κ1) is 17.2. The lowest BCUT2D eigenvalue weighted by atomic mass is 10.1. The molecule has 7 heteroatoms. The summed E-state index contributed by atoms with van der Waals surface area (Å²) in [5.41, 5.74) is 1.29. The van der Waals surface area contributed by atoms with Gasteiger partial charge in [0.15, 0.2) is 0 Å². The third-order valence-electron chi connectivity index (χ3n) is 2.99. The van der Waals surface area contributed by atoms with Crippen molar-refractivity contribution in [3.63, 3.8) is 0 Å². The first-order valence-electron chi connectivity index (χ1n) is 6.93. The van der Waals surface area contributed by atoms with Gasteiger partial charge in [-0.2, -0.15) is 0 Å². The molecule has 0 bridgehead atoms. The van der Waals surface area contributed by atoms with E-state index in [9.17, 15) is 13.2 Å². The molecule has 122 valence electrons. The van der Waals surface area contributed by atoms with E-state index in [0.717, 1.165) is 16.7 Å². The molecule has 0 spiro atoms. The quantitative estimate of drug-likeness (QED) is 0.787. The van der Waals surface area contributed by atoms with Crippen LogP contribution in [0.3, 0.4) is 0 Å². The summed E-state index contributed by atoms with van der Waals surface area (Å²) in [6.45, 7) is 1.84. The molecule has 0 aliphatic heterocycles. The Morgan fingerprint density at radius 3 is 2.70 bits per heavy atom. The summed E-state index contributed by atoms with van der Waals surface area (Å²) in [4.78, 5) is 12.9. The summed E-state index contributed by atoms with van der Waals surface area (Å²) >= 11 is 1.56. The van der Waals surface area contributed by atoms with Crippen molar-refractivity contribution < 1.29 is 13.2 Å². The molecular formula is C16H18N2O3S2. The van der Waals surface area contributed by atoms with E-state index < -0.39 is 10.0 Å². The standard InChI is InChI=1S/C16H18N2O3S2/c1-12(17-16(19)9-8-15-7-4-10-22-15)13-5-3-6-14(11-13)18-23(2,20)21/h3-12,18H,1-2H3,(H,17,19)/b9-8-/t12-/m1/s1. The Kier molecular flexibility index (Phi) is 5.57. The number of thiophene rings is 1. The normalized spacial score (nSPS) is 13.0. The summed E-state index contributed by atoms with van der Waals surface area (Å²) in [7, 11) is -3.32. The maximum atomic E-state index is 11.9. The molecule has 0 aliphatic carbocycles. The average molecular weight is 350 g/mol. The van der Waals surface area contributed by atoms with Crippen molar-refractivity contribution in [3.05, 3.63) is 58.3 Å². The van der Waals surface area contributed by atoms with E-state index in [-0.39, 0.29) is 11.9 Å². The lowest BCUT2D eigenvalue weighted by Gasteiger charge is -2.14. The van der Waals surface area contributed by atoms with Crippen LogP contribution in [0.1, 0.15) is 23.4 Å². The number of amides is 1. The highest BCUT2D eigenvalue weighted by molar-refractivity contribution is 7.92. The van der Waals surface area contributed by atoms with E-state index in [1.165, 1.54) is 6.08 Å². The maximum Gasteiger partial charge on any atom is 0.244 e. The van der Waals surface area contributed by atoms with Gasteiger partial charge in [0.05, 0.1) is 12.3 Å². The van der Waals surface area contributed by atoms with Crippen LogP contribution < -0.4 is 10.0 Å². The minimum Gasteiger partial charge on any atom is -0.346 e. The van der Waals surface area contributed by atoms with Crippen molar-refractivity contribution in [2.45, 2.75) is 13.0 Å². The predicted molar refractivity (Wildman–Crippen MR) is 94.8 cm³/mol. The van der Waals surface area contributed by atoms with Gasteiger partial charge >= 0.3 is 0 Å². The molecule has 2 rings (SSSR count). The van der Waals surface area contributed by atoms with Crippen LogP contribution in [-0.2, 0) is 14.8 Å². The van der Waals surface area contributed by atoms with Gasteiger partial charge in [-0.05, 0) is 42.1 Å². The minimum atomic E-state index is -3.32. The zero-order chi connectivity index (χ0) is 16.9. The molecule has 0 saturated carbocycles. The van der Waals surface area contributed by atoms with Crippen LogP contribution in [0.2, 0.25) is 0 Å². The van der Waals surface area contributed by atoms with Crippen molar-refractivity contribution in [3.8, 4) is 0 Å². The molecule has 0 radical (unpaired) electrons. The molecule has 1 heterocycles. The Hall–Kier alpha value is -2.12. The lowest BCUT2D eigenvalue weighted by molar-refractivity contribution is -0.117. The topological polar surface area (TPSA) is 75.3 Å². The zero-order valence-electron chi connectivity index (χ0n) is 12.8. The number of nitrogens with one attached hydrogen (secondary N) is 2. The lowest BCUT2D eigenvalue weighted by Crippen LogP contribution is -2.24. The number of anilines is 1. The predicted octanol–water partition coefficient (Wildman–Crippen LogP) is 3.01. The molecular weight excluding hydrogens is 332 g/mol. The highest BCUT2D eigenvalue weighted by Crippen LogP contribution is 2.18. The summed E-state index contributed by atoms with van der Waals surface area (Å²) in [5.74, 6) is -0.202. The van der Waals surface area contributed by atoms with Crippen molar-refractivity contribution in [2.75, 3.05) is 11.0 Å². The van der Waals surface area contributed by atoms with Gasteiger partial charge in [0, 0.05) is 16.6 Å². The minimum absolute atomic E-state index is 0.202. The molecule has 1 atom stereocenters. The zero-order valence-corrected chi connectivity index (χ0v) is 14.4. The molecule has 23 heavy (non-hydrogen) atoms. The average Bonchev–Trinajstić information content (AvgIpc) is 2.97. The van der Waals surface area contributed by atoms with Gasteiger partial charge in [0.1, 0.15) is 0 Å². The second-order valence-electron chi connectivity index (χ2n) is 5.08. The molecule has 0 saturated heterocycles. The fourth-order valence-electron chi connectivity index (χ4n) is 1.97. The second-order valence-corrected chi connectivity index (χ2v) is 7.81. The van der Waals surface area contributed by atoms with E-state index in [4.69, 9.17) is 0 Å². The molecule has 1 aromatic carbocycles. The Morgan fingerprint density at radius 1 is 1.26 bits per heavy atom. The largest absolute Gasteiger partial charge is 0.346 e. The monoisotopic (exact) mass is 350 g/mol. The van der Waals surface area contributed by atoms with Crippen molar-refractivity contribution >= 4 is 39.0 Å². The summed E-state index contributed by atoms with van der Waals surface area (Å²) in [6, 6.07) is 10.6. The second kappa shape index (κ2) is 7.43. The number of carbonyl (C=O) groups excluding carboxylic acids is 1. The summed E-state index contributed by atoms with van der Waals surface area (Å²) in [5, 5.41) is 4.80. The summed E-state index contributed by atoms with van der Waals surface area (Å²) < 4.78 is 25.0. The Bertz CT molecular complexity index is 796. The van der Waals surface area contributed by atoms with E-state index in [0.29, 0.717) is 5.69 Å². The number of benzene rings is 1. The van der Waals surface area contributed by atoms with E-state index in [1.54, 1.807) is 35.6 Å². The highest BCUT2D eigenvalue weighted by atomic mass is 32.2. The molecule has 2 aromatic rings. The number of hydrogen-bond donors (Lipinski definition) is 2. The Balaban J connectivity index is 2.01. The van der Waals surface area contributed by atoms with Crippen LogP contribution in [0.15, 0.2) is 47.9 Å². The van der Waals surface area contributed by atoms with Crippen LogP contribution in [0.5, 0.6) is 0 Å². The van der Waals surface area contributed by atoms with Crippen LogP contribution >= 0.6 is 11.3 Å². The Labute approximate surface area is 140 Å². The molecule has 0 aliphatic rings. The van der Waals surface area contributed by atoms with Crippen molar-refractivity contribution in [1.29, 1.82) is 0 Å². The molecule has 0 fully saturated rings. The molecule has 2 N–H and O–H groups in total. The van der Waals surface area contributed by atoms with Gasteiger partial charge in [-0.25, -0.2) is 8.42 Å². The molecule has 1 amide bonds. The highest BCUT2D eigenvalue weighted by Gasteiger charge is 2.09. The van der Waals surface area contributed by atoms with Gasteiger partial charge in [-0.15, -0.1) is 11.3 Å². The van der Waals surface area contributed by atoms with Crippen LogP contribution in [-0.4, -0.2) is 20.6 Å². The van der Waals surface area contributed by atoms with Crippen molar-refractivity contribution in [2.24, 2.45) is 0 Å². The van der Waals surface area contributed by atoms with Crippen LogP contribution in [0, 0.1) is 0 Å². The van der Waals surface area contributed by atoms with Crippen LogP contribution in [0.25, 0.3) is 6.08 Å². The van der Waals surface area contributed by atoms with Gasteiger partial charge in [0.25, 0.3) is 0 Å².